The smallest absolute Gasteiger partial charge is 0.258 e. The van der Waals surface area contributed by atoms with Crippen LogP contribution in [-0.4, -0.2) is 54.2 Å². The summed E-state index contributed by atoms with van der Waals surface area (Å²) in [6, 6.07) is 21.0. The van der Waals surface area contributed by atoms with Crippen LogP contribution in [0, 0.1) is 5.82 Å². The van der Waals surface area contributed by atoms with Gasteiger partial charge in [0.15, 0.2) is 0 Å². The van der Waals surface area contributed by atoms with E-state index < -0.39 is 0 Å². The molecule has 2 heterocycles. The standard InChI is InChI=1S/C26H23FN4O3/c1-33-23-8-3-2-7-22(23)30-13-15-31(16-14-30)26(32)19-11-9-18(10-12-19)25-28-24(29-34-25)20-5-4-6-21(27)17-20/h2-12,17H,13-16H2,1H3. The summed E-state index contributed by atoms with van der Waals surface area (Å²) in [4.78, 5) is 21.5. The number of amides is 1. The molecule has 0 N–H and O–H groups in total. The van der Waals surface area contributed by atoms with Crippen molar-refractivity contribution in [3.05, 3.63) is 84.2 Å². The molecule has 8 heteroatoms. The van der Waals surface area contributed by atoms with E-state index in [0.29, 0.717) is 41.5 Å². The quantitative estimate of drug-likeness (QED) is 0.438. The topological polar surface area (TPSA) is 71.7 Å². The molecule has 0 aliphatic carbocycles. The minimum Gasteiger partial charge on any atom is -0.495 e. The van der Waals surface area contributed by atoms with Gasteiger partial charge in [-0.2, -0.15) is 4.98 Å². The van der Waals surface area contributed by atoms with Gasteiger partial charge in [-0.1, -0.05) is 29.4 Å². The number of hydrogen-bond donors (Lipinski definition) is 0. The second-order valence-corrected chi connectivity index (χ2v) is 7.96. The van der Waals surface area contributed by atoms with E-state index in [1.54, 1.807) is 43.5 Å². The number of carbonyl (C=O) groups excluding carboxylic acids is 1. The Morgan fingerprint density at radius 3 is 2.44 bits per heavy atom. The van der Waals surface area contributed by atoms with Crippen LogP contribution >= 0.6 is 0 Å². The zero-order valence-corrected chi connectivity index (χ0v) is 18.6. The van der Waals surface area contributed by atoms with Crippen molar-refractivity contribution in [3.8, 4) is 28.6 Å². The van der Waals surface area contributed by atoms with Crippen molar-refractivity contribution in [1.29, 1.82) is 0 Å². The molecule has 0 bridgehead atoms. The first-order valence-electron chi connectivity index (χ1n) is 11.0. The van der Waals surface area contributed by atoms with Gasteiger partial charge < -0.3 is 19.1 Å². The van der Waals surface area contributed by atoms with Gasteiger partial charge in [-0.3, -0.25) is 4.79 Å². The lowest BCUT2D eigenvalue weighted by molar-refractivity contribution is 0.0746. The highest BCUT2D eigenvalue weighted by molar-refractivity contribution is 5.94. The van der Waals surface area contributed by atoms with E-state index in [1.165, 1.54) is 12.1 Å². The third-order valence-corrected chi connectivity index (χ3v) is 5.88. The van der Waals surface area contributed by atoms with Gasteiger partial charge >= 0.3 is 0 Å². The maximum Gasteiger partial charge on any atom is 0.258 e. The van der Waals surface area contributed by atoms with Gasteiger partial charge in [0.25, 0.3) is 11.8 Å². The molecule has 7 nitrogen and oxygen atoms in total. The number of carbonyl (C=O) groups is 1. The number of piperazine rings is 1. The normalized spacial score (nSPS) is 13.7. The lowest BCUT2D eigenvalue weighted by atomic mass is 10.1. The summed E-state index contributed by atoms with van der Waals surface area (Å²) in [7, 11) is 1.67. The summed E-state index contributed by atoms with van der Waals surface area (Å²) in [5.74, 6) is 1.07. The predicted molar refractivity (Wildman–Crippen MR) is 126 cm³/mol. The highest BCUT2D eigenvalue weighted by atomic mass is 19.1. The Kier molecular flexibility index (Phi) is 5.95. The van der Waals surface area contributed by atoms with Gasteiger partial charge in [0.2, 0.25) is 5.82 Å². The molecule has 1 fully saturated rings. The molecule has 1 aromatic heterocycles. The zero-order valence-electron chi connectivity index (χ0n) is 18.6. The Morgan fingerprint density at radius 1 is 0.941 bits per heavy atom. The maximum absolute atomic E-state index is 13.5. The summed E-state index contributed by atoms with van der Waals surface area (Å²) in [5.41, 5.74) is 2.86. The third kappa shape index (κ3) is 4.34. The monoisotopic (exact) mass is 458 g/mol. The van der Waals surface area contributed by atoms with E-state index in [9.17, 15) is 9.18 Å². The Bertz CT molecular complexity index is 1300. The molecule has 0 atom stereocenters. The molecular formula is C26H23FN4O3. The fourth-order valence-corrected chi connectivity index (χ4v) is 4.06. The molecular weight excluding hydrogens is 435 g/mol. The van der Waals surface area contributed by atoms with E-state index in [1.807, 2.05) is 29.2 Å². The third-order valence-electron chi connectivity index (χ3n) is 5.88. The van der Waals surface area contributed by atoms with Gasteiger partial charge in [-0.15, -0.1) is 0 Å². The van der Waals surface area contributed by atoms with Gasteiger partial charge in [0.1, 0.15) is 11.6 Å². The molecule has 1 aliphatic heterocycles. The van der Waals surface area contributed by atoms with E-state index >= 15 is 0 Å². The number of aromatic nitrogens is 2. The number of anilines is 1. The van der Waals surface area contributed by atoms with Crippen molar-refractivity contribution in [2.24, 2.45) is 0 Å². The highest BCUT2D eigenvalue weighted by Crippen LogP contribution is 2.29. The SMILES string of the molecule is COc1ccccc1N1CCN(C(=O)c2ccc(-c3nc(-c4cccc(F)c4)no3)cc2)CC1. The Hall–Kier alpha value is -4.20. The van der Waals surface area contributed by atoms with Gasteiger partial charge in [0.05, 0.1) is 12.8 Å². The van der Waals surface area contributed by atoms with Gasteiger partial charge in [-0.05, 0) is 48.5 Å². The molecule has 1 amide bonds. The van der Waals surface area contributed by atoms with Crippen LogP contribution in [0.3, 0.4) is 0 Å². The van der Waals surface area contributed by atoms with Crippen LogP contribution in [0.4, 0.5) is 10.1 Å². The minimum atomic E-state index is -0.365. The number of rotatable bonds is 5. The summed E-state index contributed by atoms with van der Waals surface area (Å²) in [5, 5.41) is 3.94. The molecule has 0 unspecified atom stereocenters. The van der Waals surface area contributed by atoms with Gasteiger partial charge in [0, 0.05) is 42.9 Å². The Balaban J connectivity index is 1.24. The fourth-order valence-electron chi connectivity index (χ4n) is 4.06. The molecule has 3 aromatic carbocycles. The van der Waals surface area contributed by atoms with E-state index in [-0.39, 0.29) is 11.7 Å². The number of para-hydroxylation sites is 2. The average Bonchev–Trinajstić information content (AvgIpc) is 3.39. The number of ether oxygens (including phenoxy) is 1. The largest absolute Gasteiger partial charge is 0.495 e. The lowest BCUT2D eigenvalue weighted by Gasteiger charge is -2.36. The number of halogens is 1. The predicted octanol–water partition coefficient (Wildman–Crippen LogP) is 4.51. The second-order valence-electron chi connectivity index (χ2n) is 7.96. The number of nitrogens with zero attached hydrogens (tertiary/aromatic N) is 4. The van der Waals surface area contributed by atoms with Crippen LogP contribution in [0.15, 0.2) is 77.3 Å². The van der Waals surface area contributed by atoms with E-state index in [0.717, 1.165) is 24.5 Å². The molecule has 0 spiro atoms. The number of benzene rings is 3. The molecule has 0 saturated carbocycles. The number of hydrogen-bond acceptors (Lipinski definition) is 6. The van der Waals surface area contributed by atoms with Crippen molar-refractivity contribution in [2.45, 2.75) is 0 Å². The fraction of sp³-hybridized carbons (Fsp3) is 0.192. The lowest BCUT2D eigenvalue weighted by Crippen LogP contribution is -2.48. The van der Waals surface area contributed by atoms with Crippen LogP contribution in [0.5, 0.6) is 5.75 Å². The molecule has 4 aromatic rings. The number of methoxy groups -OCH3 is 1. The summed E-state index contributed by atoms with van der Waals surface area (Å²) in [6.45, 7) is 2.71. The van der Waals surface area contributed by atoms with Crippen LogP contribution in [0.25, 0.3) is 22.8 Å². The van der Waals surface area contributed by atoms with Crippen LogP contribution < -0.4 is 9.64 Å². The van der Waals surface area contributed by atoms with Crippen molar-refractivity contribution in [2.75, 3.05) is 38.2 Å². The molecule has 34 heavy (non-hydrogen) atoms. The van der Waals surface area contributed by atoms with Gasteiger partial charge in [-0.25, -0.2) is 4.39 Å². The van der Waals surface area contributed by atoms with E-state index in [2.05, 4.69) is 15.0 Å². The summed E-state index contributed by atoms with van der Waals surface area (Å²) in [6.07, 6.45) is 0. The first-order chi connectivity index (χ1) is 16.6. The van der Waals surface area contributed by atoms with Crippen molar-refractivity contribution in [1.82, 2.24) is 15.0 Å². The van der Waals surface area contributed by atoms with Crippen molar-refractivity contribution < 1.29 is 18.4 Å². The first kappa shape index (κ1) is 21.6. The summed E-state index contributed by atoms with van der Waals surface area (Å²) >= 11 is 0. The maximum atomic E-state index is 13.5. The molecule has 172 valence electrons. The van der Waals surface area contributed by atoms with E-state index in [4.69, 9.17) is 9.26 Å². The minimum absolute atomic E-state index is 0.0165. The molecule has 5 rings (SSSR count). The Morgan fingerprint density at radius 2 is 1.71 bits per heavy atom. The first-order valence-corrected chi connectivity index (χ1v) is 11.0. The van der Waals surface area contributed by atoms with Crippen molar-refractivity contribution >= 4 is 11.6 Å². The molecule has 1 aliphatic rings. The Labute approximate surface area is 196 Å². The molecule has 1 saturated heterocycles. The summed E-state index contributed by atoms with van der Waals surface area (Å²) < 4.78 is 24.3. The van der Waals surface area contributed by atoms with Crippen LogP contribution in [0.2, 0.25) is 0 Å². The van der Waals surface area contributed by atoms with Crippen molar-refractivity contribution in [3.63, 3.8) is 0 Å². The second kappa shape index (κ2) is 9.35. The zero-order chi connectivity index (χ0) is 23.5. The highest BCUT2D eigenvalue weighted by Gasteiger charge is 2.24. The van der Waals surface area contributed by atoms with Crippen LogP contribution in [-0.2, 0) is 0 Å². The average molecular weight is 458 g/mol. The van der Waals surface area contributed by atoms with Crippen LogP contribution in [0.1, 0.15) is 10.4 Å². The molecule has 0 radical (unpaired) electrons.